The Morgan fingerprint density at radius 1 is 1.44 bits per heavy atom. The van der Waals surface area contributed by atoms with E-state index in [1.54, 1.807) is 0 Å². The fourth-order valence-electron chi connectivity index (χ4n) is 8.18. The molecule has 0 unspecified atom stereocenters. The number of fused-ring (bicyclic) bond motifs is 1. The summed E-state index contributed by atoms with van der Waals surface area (Å²) < 4.78 is 12.6. The lowest BCUT2D eigenvalue weighted by molar-refractivity contribution is -0.164. The molecule has 5 aliphatic rings. The van der Waals surface area contributed by atoms with Crippen molar-refractivity contribution in [3.63, 3.8) is 0 Å². The maximum atomic E-state index is 12.8. The molecule has 1 spiro atoms. The molecular weight excluding hydrogens is 344 g/mol. The van der Waals surface area contributed by atoms with Gasteiger partial charge in [0.05, 0.1) is 16.9 Å². The molecule has 0 radical (unpaired) electrons. The SMILES string of the molecule is CCCO[C@]12CC[C@@H]3[C@](C[C@@H]1C)(C2)[C@@H](C(=O)O)[C@H]1[C@@]32CC=C[C@]1(C)C(=O)O2. The number of esters is 1. The molecule has 1 heterocycles. The molecule has 4 fully saturated rings. The summed E-state index contributed by atoms with van der Waals surface area (Å²) in [4.78, 5) is 25.5. The third-order valence-corrected chi connectivity index (χ3v) is 8.96. The number of carbonyl (C=O) groups excluding carboxylic acids is 1. The van der Waals surface area contributed by atoms with Gasteiger partial charge in [0.1, 0.15) is 5.60 Å². The monoisotopic (exact) mass is 374 g/mol. The predicted octanol–water partition coefficient (Wildman–Crippen LogP) is 3.57. The third kappa shape index (κ3) is 1.81. The van der Waals surface area contributed by atoms with Crippen molar-refractivity contribution in [3.05, 3.63) is 12.2 Å². The zero-order valence-electron chi connectivity index (χ0n) is 16.5. The van der Waals surface area contributed by atoms with Gasteiger partial charge in [0.15, 0.2) is 0 Å². The second kappa shape index (κ2) is 5.16. The second-order valence-corrected chi connectivity index (χ2v) is 10.0. The molecule has 4 aliphatic carbocycles. The minimum absolute atomic E-state index is 0.120. The Morgan fingerprint density at radius 2 is 2.22 bits per heavy atom. The minimum atomic E-state index is -0.813. The minimum Gasteiger partial charge on any atom is -0.481 e. The molecule has 1 aliphatic heterocycles. The van der Waals surface area contributed by atoms with Crippen molar-refractivity contribution in [2.45, 2.75) is 70.5 Å². The van der Waals surface area contributed by atoms with Crippen LogP contribution in [-0.2, 0) is 19.1 Å². The van der Waals surface area contributed by atoms with Crippen LogP contribution >= 0.6 is 0 Å². The average molecular weight is 374 g/mol. The van der Waals surface area contributed by atoms with E-state index < -0.39 is 22.9 Å². The largest absolute Gasteiger partial charge is 0.481 e. The number of aliphatic carboxylic acids is 1. The van der Waals surface area contributed by atoms with Crippen LogP contribution in [0.15, 0.2) is 12.2 Å². The van der Waals surface area contributed by atoms with Crippen molar-refractivity contribution in [1.29, 1.82) is 0 Å². The molecule has 0 aromatic heterocycles. The van der Waals surface area contributed by atoms with E-state index in [1.165, 1.54) is 0 Å². The average Bonchev–Trinajstić information content (AvgIpc) is 3.02. The Bertz CT molecular complexity index is 745. The van der Waals surface area contributed by atoms with Crippen LogP contribution in [0.4, 0.5) is 0 Å². The zero-order chi connectivity index (χ0) is 19.2. The van der Waals surface area contributed by atoms with E-state index >= 15 is 0 Å². The molecule has 5 nitrogen and oxygen atoms in total. The van der Waals surface area contributed by atoms with Gasteiger partial charge in [-0.1, -0.05) is 26.0 Å². The molecular formula is C22H30O5. The topological polar surface area (TPSA) is 72.8 Å². The van der Waals surface area contributed by atoms with Gasteiger partial charge < -0.3 is 14.6 Å². The molecule has 0 aromatic carbocycles. The predicted molar refractivity (Wildman–Crippen MR) is 97.8 cm³/mol. The summed E-state index contributed by atoms with van der Waals surface area (Å²) in [5.41, 5.74) is -1.98. The lowest BCUT2D eigenvalue weighted by atomic mass is 9.62. The Hall–Kier alpha value is -1.36. The summed E-state index contributed by atoms with van der Waals surface area (Å²) in [6.45, 7) is 6.97. The molecule has 5 rings (SSSR count). The van der Waals surface area contributed by atoms with Crippen LogP contribution in [-0.4, -0.2) is 34.9 Å². The van der Waals surface area contributed by atoms with Gasteiger partial charge in [-0.25, -0.2) is 0 Å². The Morgan fingerprint density at radius 3 is 2.93 bits per heavy atom. The van der Waals surface area contributed by atoms with Crippen molar-refractivity contribution in [2.24, 2.45) is 34.5 Å². The Balaban J connectivity index is 1.65. The lowest BCUT2D eigenvalue weighted by Crippen LogP contribution is -2.48. The molecule has 3 saturated carbocycles. The van der Waals surface area contributed by atoms with Gasteiger partial charge >= 0.3 is 11.9 Å². The highest BCUT2D eigenvalue weighted by Crippen LogP contribution is 2.78. The van der Waals surface area contributed by atoms with E-state index in [1.807, 2.05) is 13.0 Å². The highest BCUT2D eigenvalue weighted by Gasteiger charge is 2.82. The molecule has 1 N–H and O–H groups in total. The fraction of sp³-hybridized carbons (Fsp3) is 0.818. The van der Waals surface area contributed by atoms with E-state index in [-0.39, 0.29) is 28.8 Å². The smallest absolute Gasteiger partial charge is 0.316 e. The van der Waals surface area contributed by atoms with E-state index in [4.69, 9.17) is 9.47 Å². The van der Waals surface area contributed by atoms with Crippen LogP contribution in [0, 0.1) is 34.5 Å². The molecule has 27 heavy (non-hydrogen) atoms. The van der Waals surface area contributed by atoms with Crippen molar-refractivity contribution < 1.29 is 24.2 Å². The lowest BCUT2D eigenvalue weighted by Gasteiger charge is -2.47. The Kier molecular flexibility index (Phi) is 3.39. The van der Waals surface area contributed by atoms with Gasteiger partial charge in [-0.3, -0.25) is 9.59 Å². The number of hydrogen-bond acceptors (Lipinski definition) is 4. The Labute approximate surface area is 160 Å². The first-order valence-electron chi connectivity index (χ1n) is 10.5. The van der Waals surface area contributed by atoms with Crippen LogP contribution in [0.3, 0.4) is 0 Å². The van der Waals surface area contributed by atoms with Crippen molar-refractivity contribution >= 4 is 11.9 Å². The maximum Gasteiger partial charge on any atom is 0.316 e. The van der Waals surface area contributed by atoms with Crippen molar-refractivity contribution in [3.8, 4) is 0 Å². The van der Waals surface area contributed by atoms with E-state index in [0.29, 0.717) is 12.3 Å². The van der Waals surface area contributed by atoms with Crippen LogP contribution in [0.1, 0.15) is 59.3 Å². The van der Waals surface area contributed by atoms with Crippen LogP contribution in [0.25, 0.3) is 0 Å². The van der Waals surface area contributed by atoms with Gasteiger partial charge in [-0.15, -0.1) is 0 Å². The van der Waals surface area contributed by atoms with Gasteiger partial charge in [-0.2, -0.15) is 0 Å². The first-order chi connectivity index (χ1) is 12.8. The summed E-state index contributed by atoms with van der Waals surface area (Å²) in [5, 5.41) is 10.4. The maximum absolute atomic E-state index is 12.8. The van der Waals surface area contributed by atoms with Gasteiger partial charge in [0.25, 0.3) is 0 Å². The standard InChI is InChI=1S/C22H30O5/c1-4-10-26-21-9-6-14-20(12-21,11-13(21)2)15(17(23)24)16-19(3)7-5-8-22(14,16)27-18(19)25/h5,7,13-16H,4,6,8-12H2,1-3H3,(H,23,24)/t13-,14+,15+,16+,19-,20-,21-,22+/m0/s1. The fourth-order valence-corrected chi connectivity index (χ4v) is 8.18. The number of carbonyl (C=O) groups is 2. The second-order valence-electron chi connectivity index (χ2n) is 10.0. The van der Waals surface area contributed by atoms with E-state index in [2.05, 4.69) is 19.9 Å². The number of hydrogen-bond donors (Lipinski definition) is 1. The molecule has 0 amide bonds. The first-order valence-corrected chi connectivity index (χ1v) is 10.5. The molecule has 8 atom stereocenters. The number of carboxylic acid groups (broad SMARTS) is 1. The number of carboxylic acids is 1. The highest BCUT2D eigenvalue weighted by atomic mass is 16.6. The van der Waals surface area contributed by atoms with Gasteiger partial charge in [0, 0.05) is 24.9 Å². The number of ether oxygens (including phenoxy) is 2. The van der Waals surface area contributed by atoms with Gasteiger partial charge in [-0.05, 0) is 50.4 Å². The molecule has 148 valence electrons. The number of rotatable bonds is 4. The summed E-state index contributed by atoms with van der Waals surface area (Å²) in [6.07, 6.45) is 9.12. The summed E-state index contributed by atoms with van der Waals surface area (Å²) in [6, 6.07) is 0. The van der Waals surface area contributed by atoms with Crippen molar-refractivity contribution in [2.75, 3.05) is 6.61 Å². The molecule has 4 bridgehead atoms. The summed E-state index contributed by atoms with van der Waals surface area (Å²) >= 11 is 0. The van der Waals surface area contributed by atoms with E-state index in [0.717, 1.165) is 38.7 Å². The van der Waals surface area contributed by atoms with E-state index in [9.17, 15) is 14.7 Å². The molecule has 1 saturated heterocycles. The summed E-state index contributed by atoms with van der Waals surface area (Å²) in [5.74, 6) is -1.34. The zero-order valence-corrected chi connectivity index (χ0v) is 16.5. The van der Waals surface area contributed by atoms with Crippen LogP contribution < -0.4 is 0 Å². The highest BCUT2D eigenvalue weighted by molar-refractivity contribution is 5.86. The summed E-state index contributed by atoms with van der Waals surface area (Å²) in [7, 11) is 0. The van der Waals surface area contributed by atoms with Crippen molar-refractivity contribution in [1.82, 2.24) is 0 Å². The quantitative estimate of drug-likeness (QED) is 0.602. The molecule has 0 aromatic rings. The normalized spacial score (nSPS) is 54.6. The van der Waals surface area contributed by atoms with Gasteiger partial charge in [0.2, 0.25) is 0 Å². The molecule has 5 heteroatoms. The van der Waals surface area contributed by atoms with Crippen LogP contribution in [0.2, 0.25) is 0 Å². The third-order valence-electron chi connectivity index (χ3n) is 8.96. The van der Waals surface area contributed by atoms with Crippen LogP contribution in [0.5, 0.6) is 0 Å². The first kappa shape index (κ1) is 17.7.